The quantitative estimate of drug-likeness (QED) is 0.633. The monoisotopic (exact) mass is 203 g/mol. The van der Waals surface area contributed by atoms with Gasteiger partial charge in [-0.15, -0.1) is 0 Å². The van der Waals surface area contributed by atoms with E-state index >= 15 is 0 Å². The number of hydrogen-bond donors (Lipinski definition) is 2. The van der Waals surface area contributed by atoms with E-state index < -0.39 is 28.8 Å². The van der Waals surface area contributed by atoms with Crippen LogP contribution in [-0.2, 0) is 6.18 Å². The number of alkyl halides is 3. The molecule has 3 nitrogen and oxygen atoms in total. The van der Waals surface area contributed by atoms with Crippen molar-refractivity contribution in [3.8, 4) is 17.6 Å². The maximum atomic E-state index is 12.1. The molecule has 0 aromatic heterocycles. The first-order valence-corrected chi connectivity index (χ1v) is 3.40. The first-order chi connectivity index (χ1) is 6.38. The molecule has 0 heterocycles. The van der Waals surface area contributed by atoms with Crippen LogP contribution in [0, 0.1) is 11.3 Å². The van der Waals surface area contributed by atoms with E-state index in [-0.39, 0.29) is 0 Å². The molecule has 14 heavy (non-hydrogen) atoms. The third-order valence-electron chi connectivity index (χ3n) is 1.58. The molecule has 0 aliphatic rings. The van der Waals surface area contributed by atoms with Crippen LogP contribution in [0.25, 0.3) is 0 Å². The number of phenolic OH excluding ortho intramolecular Hbond substituents is 2. The van der Waals surface area contributed by atoms with Gasteiger partial charge in [0, 0.05) is 0 Å². The molecule has 0 fully saturated rings. The lowest BCUT2D eigenvalue weighted by molar-refractivity contribution is -0.138. The largest absolute Gasteiger partial charge is 0.504 e. The summed E-state index contributed by atoms with van der Waals surface area (Å²) in [6.07, 6.45) is -4.75. The molecule has 0 spiro atoms. The third kappa shape index (κ3) is 1.57. The zero-order valence-corrected chi connectivity index (χ0v) is 6.63. The maximum Gasteiger partial charge on any atom is 0.420 e. The Kier molecular flexibility index (Phi) is 2.26. The highest BCUT2D eigenvalue weighted by molar-refractivity contribution is 5.55. The number of hydrogen-bond acceptors (Lipinski definition) is 3. The number of nitrogens with zero attached hydrogens (tertiary/aromatic N) is 1. The first kappa shape index (κ1) is 10.2. The normalized spacial score (nSPS) is 11.0. The van der Waals surface area contributed by atoms with Gasteiger partial charge in [-0.2, -0.15) is 18.4 Å². The van der Waals surface area contributed by atoms with Crippen LogP contribution >= 0.6 is 0 Å². The number of halogens is 3. The van der Waals surface area contributed by atoms with Gasteiger partial charge in [-0.25, -0.2) is 0 Å². The van der Waals surface area contributed by atoms with E-state index in [2.05, 4.69) is 0 Å². The molecule has 0 amide bonds. The molecule has 0 aliphatic heterocycles. The van der Waals surface area contributed by atoms with Crippen LogP contribution in [0.5, 0.6) is 11.5 Å². The van der Waals surface area contributed by atoms with E-state index in [1.807, 2.05) is 0 Å². The van der Waals surface area contributed by atoms with Gasteiger partial charge in [-0.05, 0) is 12.1 Å². The minimum Gasteiger partial charge on any atom is -0.504 e. The molecule has 0 saturated carbocycles. The molecule has 1 aromatic carbocycles. The summed E-state index contributed by atoms with van der Waals surface area (Å²) in [7, 11) is 0. The van der Waals surface area contributed by atoms with E-state index in [0.717, 1.165) is 6.07 Å². The predicted molar refractivity (Wildman–Crippen MR) is 39.5 cm³/mol. The van der Waals surface area contributed by atoms with Crippen LogP contribution in [0.4, 0.5) is 13.2 Å². The molecule has 0 bridgehead atoms. The van der Waals surface area contributed by atoms with Gasteiger partial charge in [0.05, 0.1) is 5.56 Å². The molecule has 0 saturated heterocycles. The van der Waals surface area contributed by atoms with Gasteiger partial charge in [-0.3, -0.25) is 0 Å². The van der Waals surface area contributed by atoms with E-state index in [0.29, 0.717) is 6.07 Å². The second-order valence-electron chi connectivity index (χ2n) is 2.47. The molecule has 0 unspecified atom stereocenters. The van der Waals surface area contributed by atoms with E-state index in [1.165, 1.54) is 6.07 Å². The Morgan fingerprint density at radius 2 is 1.71 bits per heavy atom. The highest BCUT2D eigenvalue weighted by Crippen LogP contribution is 2.41. The zero-order valence-electron chi connectivity index (χ0n) is 6.63. The lowest BCUT2D eigenvalue weighted by atomic mass is 10.1. The van der Waals surface area contributed by atoms with Crippen molar-refractivity contribution in [3.63, 3.8) is 0 Å². The van der Waals surface area contributed by atoms with Crippen LogP contribution in [0.15, 0.2) is 12.1 Å². The topological polar surface area (TPSA) is 64.2 Å². The van der Waals surface area contributed by atoms with Crippen molar-refractivity contribution in [1.82, 2.24) is 0 Å². The minimum absolute atomic E-state index is 0.407. The van der Waals surface area contributed by atoms with E-state index in [4.69, 9.17) is 15.5 Å². The Morgan fingerprint density at radius 1 is 1.14 bits per heavy atom. The van der Waals surface area contributed by atoms with Gasteiger partial charge in [0.15, 0.2) is 11.5 Å². The fourth-order valence-corrected chi connectivity index (χ4v) is 0.899. The van der Waals surface area contributed by atoms with Crippen LogP contribution in [0.1, 0.15) is 11.1 Å². The van der Waals surface area contributed by atoms with Crippen LogP contribution in [-0.4, -0.2) is 10.2 Å². The summed E-state index contributed by atoms with van der Waals surface area (Å²) in [5.41, 5.74) is -1.77. The fourth-order valence-electron chi connectivity index (χ4n) is 0.899. The Bertz CT molecular complexity index is 406. The third-order valence-corrected chi connectivity index (χ3v) is 1.58. The van der Waals surface area contributed by atoms with Crippen LogP contribution in [0.2, 0.25) is 0 Å². The Morgan fingerprint density at radius 3 is 2.14 bits per heavy atom. The Labute approximate surface area is 76.6 Å². The highest BCUT2D eigenvalue weighted by atomic mass is 19.4. The van der Waals surface area contributed by atoms with Gasteiger partial charge < -0.3 is 10.2 Å². The lowest BCUT2D eigenvalue weighted by Crippen LogP contribution is -2.05. The van der Waals surface area contributed by atoms with Gasteiger partial charge in [0.2, 0.25) is 0 Å². The lowest BCUT2D eigenvalue weighted by Gasteiger charge is -2.09. The fraction of sp³-hybridized carbons (Fsp3) is 0.125. The average Bonchev–Trinajstić information content (AvgIpc) is 2.07. The zero-order chi connectivity index (χ0) is 10.9. The van der Waals surface area contributed by atoms with Crippen molar-refractivity contribution >= 4 is 0 Å². The average molecular weight is 203 g/mol. The highest BCUT2D eigenvalue weighted by Gasteiger charge is 2.35. The second kappa shape index (κ2) is 3.10. The number of phenols is 2. The second-order valence-corrected chi connectivity index (χ2v) is 2.47. The Hall–Kier alpha value is -1.90. The Balaban J connectivity index is 3.41. The first-order valence-electron chi connectivity index (χ1n) is 3.40. The summed E-state index contributed by atoms with van der Waals surface area (Å²) >= 11 is 0. The van der Waals surface area contributed by atoms with Crippen molar-refractivity contribution in [2.24, 2.45) is 0 Å². The smallest absolute Gasteiger partial charge is 0.420 e. The maximum absolute atomic E-state index is 12.1. The van der Waals surface area contributed by atoms with Gasteiger partial charge in [0.25, 0.3) is 0 Å². The van der Waals surface area contributed by atoms with Gasteiger partial charge in [-0.1, -0.05) is 0 Å². The molecule has 0 atom stereocenters. The van der Waals surface area contributed by atoms with Crippen LogP contribution in [0.3, 0.4) is 0 Å². The van der Waals surface area contributed by atoms with Crippen molar-refractivity contribution in [2.45, 2.75) is 6.18 Å². The molecule has 1 rings (SSSR count). The minimum atomic E-state index is -4.75. The SMILES string of the molecule is N#Cc1ccc(C(F)(F)F)c(O)c1O. The van der Waals surface area contributed by atoms with Crippen molar-refractivity contribution in [3.05, 3.63) is 23.3 Å². The molecule has 1 aromatic rings. The summed E-state index contributed by atoms with van der Waals surface area (Å²) in [6, 6.07) is 2.76. The summed E-state index contributed by atoms with van der Waals surface area (Å²) < 4.78 is 36.3. The molecule has 74 valence electrons. The summed E-state index contributed by atoms with van der Waals surface area (Å²) in [5.74, 6) is -2.38. The van der Waals surface area contributed by atoms with E-state index in [9.17, 15) is 13.2 Å². The molecule has 2 N–H and O–H groups in total. The molecule has 0 aliphatic carbocycles. The summed E-state index contributed by atoms with van der Waals surface area (Å²) in [6.45, 7) is 0. The number of aromatic hydroxyl groups is 2. The summed E-state index contributed by atoms with van der Waals surface area (Å²) in [5, 5.41) is 26.2. The summed E-state index contributed by atoms with van der Waals surface area (Å²) in [4.78, 5) is 0. The van der Waals surface area contributed by atoms with Crippen molar-refractivity contribution < 1.29 is 23.4 Å². The van der Waals surface area contributed by atoms with Crippen molar-refractivity contribution in [2.75, 3.05) is 0 Å². The standard InChI is InChI=1S/C8H4F3NO2/c9-8(10,11)5-2-1-4(3-12)6(13)7(5)14/h1-2,13-14H. The number of benzene rings is 1. The molecule has 6 heteroatoms. The van der Waals surface area contributed by atoms with Crippen molar-refractivity contribution in [1.29, 1.82) is 5.26 Å². The predicted octanol–water partition coefficient (Wildman–Crippen LogP) is 1.99. The number of nitriles is 1. The van der Waals surface area contributed by atoms with Gasteiger partial charge >= 0.3 is 6.18 Å². The van der Waals surface area contributed by atoms with Gasteiger partial charge in [0.1, 0.15) is 11.6 Å². The van der Waals surface area contributed by atoms with Crippen LogP contribution < -0.4 is 0 Å². The molecule has 0 radical (unpaired) electrons. The molecular formula is C8H4F3NO2. The van der Waals surface area contributed by atoms with E-state index in [1.54, 1.807) is 0 Å². The number of rotatable bonds is 0. The molecular weight excluding hydrogens is 199 g/mol.